The van der Waals surface area contributed by atoms with Crippen LogP contribution in [0.15, 0.2) is 30.3 Å². The third-order valence-corrected chi connectivity index (χ3v) is 3.45. The summed E-state index contributed by atoms with van der Waals surface area (Å²) in [5.74, 6) is 0. The van der Waals surface area contributed by atoms with Crippen molar-refractivity contribution >= 4 is 24.8 Å². The zero-order valence-electron chi connectivity index (χ0n) is 12.2. The van der Waals surface area contributed by atoms with E-state index in [4.69, 9.17) is 4.74 Å². The first-order valence-electron chi connectivity index (χ1n) is 7.10. The number of aliphatic hydroxyl groups is 1. The van der Waals surface area contributed by atoms with Gasteiger partial charge in [-0.15, -0.1) is 24.8 Å². The first-order chi connectivity index (χ1) is 9.36. The third-order valence-electron chi connectivity index (χ3n) is 3.45. The Morgan fingerprint density at radius 1 is 1.14 bits per heavy atom. The molecule has 1 aromatic rings. The van der Waals surface area contributed by atoms with Crippen molar-refractivity contribution in [2.75, 3.05) is 45.9 Å². The highest BCUT2D eigenvalue weighted by atomic mass is 35.5. The third kappa shape index (κ3) is 8.00. The first-order valence-corrected chi connectivity index (χ1v) is 7.10. The van der Waals surface area contributed by atoms with Crippen molar-refractivity contribution in [3.63, 3.8) is 0 Å². The van der Waals surface area contributed by atoms with Crippen molar-refractivity contribution in [2.24, 2.45) is 0 Å². The molecule has 1 unspecified atom stereocenters. The highest BCUT2D eigenvalue weighted by Gasteiger charge is 2.09. The molecule has 6 heteroatoms. The Morgan fingerprint density at radius 3 is 2.48 bits per heavy atom. The lowest BCUT2D eigenvalue weighted by Crippen LogP contribution is -2.37. The maximum atomic E-state index is 9.98. The van der Waals surface area contributed by atoms with E-state index in [0.29, 0.717) is 6.54 Å². The highest BCUT2D eigenvalue weighted by molar-refractivity contribution is 5.85. The van der Waals surface area contributed by atoms with Crippen LogP contribution in [0.3, 0.4) is 0 Å². The molecule has 21 heavy (non-hydrogen) atoms. The number of hydrogen-bond acceptors (Lipinski definition) is 4. The summed E-state index contributed by atoms with van der Waals surface area (Å²) in [4.78, 5) is 2.43. The first kappa shape index (κ1) is 20.6. The van der Waals surface area contributed by atoms with Gasteiger partial charge in [0.1, 0.15) is 0 Å². The van der Waals surface area contributed by atoms with E-state index < -0.39 is 6.10 Å². The average molecular weight is 337 g/mol. The largest absolute Gasteiger partial charge is 0.387 e. The van der Waals surface area contributed by atoms with Gasteiger partial charge in [0, 0.05) is 19.6 Å². The standard InChI is InChI=1S/C15H24N2O2.2ClH/c18-15(14-5-2-1-3-6-14)13-16-7-4-8-17-9-11-19-12-10-17;;/h1-3,5-6,15-16,18H,4,7-13H2;2*1H. The zero-order valence-corrected chi connectivity index (χ0v) is 13.9. The summed E-state index contributed by atoms with van der Waals surface area (Å²) in [6, 6.07) is 9.79. The minimum atomic E-state index is -0.412. The van der Waals surface area contributed by atoms with Crippen LogP contribution in [0.5, 0.6) is 0 Å². The van der Waals surface area contributed by atoms with E-state index in [-0.39, 0.29) is 24.8 Å². The van der Waals surface area contributed by atoms with Gasteiger partial charge in [-0.25, -0.2) is 0 Å². The molecule has 1 atom stereocenters. The molecule has 0 aliphatic carbocycles. The molecule has 2 N–H and O–H groups in total. The highest BCUT2D eigenvalue weighted by Crippen LogP contribution is 2.10. The second-order valence-electron chi connectivity index (χ2n) is 4.94. The van der Waals surface area contributed by atoms with Gasteiger partial charge < -0.3 is 15.2 Å². The fourth-order valence-corrected chi connectivity index (χ4v) is 2.28. The Hall–Kier alpha value is -0.360. The SMILES string of the molecule is Cl.Cl.OC(CNCCCN1CCOCC1)c1ccccc1. The number of aliphatic hydroxyl groups excluding tert-OH is 1. The van der Waals surface area contributed by atoms with Gasteiger partial charge in [0.2, 0.25) is 0 Å². The van der Waals surface area contributed by atoms with E-state index in [0.717, 1.165) is 51.4 Å². The summed E-state index contributed by atoms with van der Waals surface area (Å²) in [6.07, 6.45) is 0.700. The van der Waals surface area contributed by atoms with E-state index in [2.05, 4.69) is 10.2 Å². The Morgan fingerprint density at radius 2 is 1.81 bits per heavy atom. The zero-order chi connectivity index (χ0) is 13.3. The van der Waals surface area contributed by atoms with Gasteiger partial charge in [0.05, 0.1) is 19.3 Å². The van der Waals surface area contributed by atoms with Crippen LogP contribution >= 0.6 is 24.8 Å². The van der Waals surface area contributed by atoms with Crippen LogP contribution in [-0.2, 0) is 4.74 Å². The lowest BCUT2D eigenvalue weighted by atomic mass is 10.1. The van der Waals surface area contributed by atoms with Gasteiger partial charge in [-0.05, 0) is 25.1 Å². The molecule has 0 radical (unpaired) electrons. The lowest BCUT2D eigenvalue weighted by molar-refractivity contribution is 0.0373. The molecule has 1 aliphatic rings. The molecule has 4 nitrogen and oxygen atoms in total. The smallest absolute Gasteiger partial charge is 0.0914 e. The molecule has 0 aromatic heterocycles. The van der Waals surface area contributed by atoms with E-state index in [1.165, 1.54) is 0 Å². The normalized spacial score (nSPS) is 16.6. The van der Waals surface area contributed by atoms with Gasteiger partial charge in [-0.2, -0.15) is 0 Å². The molecule has 1 aliphatic heterocycles. The Balaban J connectivity index is 0.00000200. The molecule has 0 saturated carbocycles. The summed E-state index contributed by atoms with van der Waals surface area (Å²) >= 11 is 0. The van der Waals surface area contributed by atoms with E-state index in [9.17, 15) is 5.11 Å². The summed E-state index contributed by atoms with van der Waals surface area (Å²) in [5.41, 5.74) is 0.975. The van der Waals surface area contributed by atoms with Crippen molar-refractivity contribution in [1.29, 1.82) is 0 Å². The Labute approximate surface area is 139 Å². The fraction of sp³-hybridized carbons (Fsp3) is 0.600. The van der Waals surface area contributed by atoms with Crippen LogP contribution in [0.2, 0.25) is 0 Å². The Bertz CT molecular complexity index is 349. The number of benzene rings is 1. The molecular weight excluding hydrogens is 311 g/mol. The summed E-state index contributed by atoms with van der Waals surface area (Å²) in [6.45, 7) is 6.49. The van der Waals surface area contributed by atoms with Crippen molar-refractivity contribution in [3.05, 3.63) is 35.9 Å². The fourth-order valence-electron chi connectivity index (χ4n) is 2.28. The topological polar surface area (TPSA) is 44.7 Å². The van der Waals surface area contributed by atoms with Crippen molar-refractivity contribution in [3.8, 4) is 0 Å². The quantitative estimate of drug-likeness (QED) is 0.746. The summed E-state index contributed by atoms with van der Waals surface area (Å²) < 4.78 is 5.32. The summed E-state index contributed by atoms with van der Waals surface area (Å²) in [7, 11) is 0. The predicted molar refractivity (Wildman–Crippen MR) is 90.6 cm³/mol. The average Bonchev–Trinajstić information content (AvgIpc) is 2.49. The molecular formula is C15H26Cl2N2O2. The monoisotopic (exact) mass is 336 g/mol. The molecule has 1 saturated heterocycles. The molecule has 0 spiro atoms. The number of ether oxygens (including phenoxy) is 1. The minimum Gasteiger partial charge on any atom is -0.387 e. The number of halogens is 2. The van der Waals surface area contributed by atoms with Crippen molar-refractivity contribution in [2.45, 2.75) is 12.5 Å². The van der Waals surface area contributed by atoms with Crippen LogP contribution in [0.4, 0.5) is 0 Å². The lowest BCUT2D eigenvalue weighted by Gasteiger charge is -2.26. The second kappa shape index (κ2) is 12.2. The maximum absolute atomic E-state index is 9.98. The molecule has 122 valence electrons. The molecule has 1 fully saturated rings. The molecule has 0 bridgehead atoms. The van der Waals surface area contributed by atoms with Crippen LogP contribution in [0, 0.1) is 0 Å². The van der Waals surface area contributed by atoms with E-state index in [1.807, 2.05) is 30.3 Å². The predicted octanol–water partition coefficient (Wildman–Crippen LogP) is 1.88. The number of hydrogen-bond donors (Lipinski definition) is 2. The van der Waals surface area contributed by atoms with E-state index >= 15 is 0 Å². The number of morpholine rings is 1. The van der Waals surface area contributed by atoms with Crippen molar-refractivity contribution < 1.29 is 9.84 Å². The summed E-state index contributed by atoms with van der Waals surface area (Å²) in [5, 5.41) is 13.3. The van der Waals surface area contributed by atoms with Crippen LogP contribution in [0.1, 0.15) is 18.1 Å². The second-order valence-corrected chi connectivity index (χ2v) is 4.94. The molecule has 2 rings (SSSR count). The van der Waals surface area contributed by atoms with Gasteiger partial charge in [-0.3, -0.25) is 4.90 Å². The van der Waals surface area contributed by atoms with Crippen LogP contribution in [-0.4, -0.2) is 55.9 Å². The molecule has 1 heterocycles. The van der Waals surface area contributed by atoms with Crippen LogP contribution < -0.4 is 5.32 Å². The van der Waals surface area contributed by atoms with Gasteiger partial charge in [0.15, 0.2) is 0 Å². The number of rotatable bonds is 7. The number of nitrogens with one attached hydrogen (secondary N) is 1. The van der Waals surface area contributed by atoms with E-state index in [1.54, 1.807) is 0 Å². The van der Waals surface area contributed by atoms with Gasteiger partial charge in [-0.1, -0.05) is 30.3 Å². The Kier molecular flexibility index (Phi) is 12.0. The van der Waals surface area contributed by atoms with Crippen LogP contribution in [0.25, 0.3) is 0 Å². The van der Waals surface area contributed by atoms with Gasteiger partial charge in [0.25, 0.3) is 0 Å². The minimum absolute atomic E-state index is 0. The van der Waals surface area contributed by atoms with Crippen molar-refractivity contribution in [1.82, 2.24) is 10.2 Å². The molecule has 1 aromatic carbocycles. The maximum Gasteiger partial charge on any atom is 0.0914 e. The number of nitrogens with zero attached hydrogens (tertiary/aromatic N) is 1. The van der Waals surface area contributed by atoms with Gasteiger partial charge >= 0.3 is 0 Å². The molecule has 0 amide bonds.